The Balaban J connectivity index is 0.00000156. The van der Waals surface area contributed by atoms with E-state index in [0.717, 1.165) is 29.8 Å². The van der Waals surface area contributed by atoms with E-state index in [0.29, 0.717) is 31.9 Å². The molecule has 1 unspecified atom stereocenters. The van der Waals surface area contributed by atoms with E-state index in [1.165, 1.54) is 0 Å². The molecule has 1 amide bonds. The van der Waals surface area contributed by atoms with Gasteiger partial charge >= 0.3 is 0 Å². The average Bonchev–Trinajstić information content (AvgIpc) is 3.24. The van der Waals surface area contributed by atoms with E-state index in [2.05, 4.69) is 27.0 Å². The van der Waals surface area contributed by atoms with Gasteiger partial charge in [-0.25, -0.2) is 0 Å². The van der Waals surface area contributed by atoms with Crippen LogP contribution in [0.4, 0.5) is 0 Å². The molecule has 1 fully saturated rings. The van der Waals surface area contributed by atoms with E-state index < -0.39 is 0 Å². The van der Waals surface area contributed by atoms with Crippen molar-refractivity contribution in [2.75, 3.05) is 26.2 Å². The Kier molecular flexibility index (Phi) is 5.01. The molecular weight excluding hydrogens is 336 g/mol. The molecule has 0 spiro atoms. The van der Waals surface area contributed by atoms with Crippen molar-refractivity contribution in [3.63, 3.8) is 0 Å². The van der Waals surface area contributed by atoms with Crippen LogP contribution in [0.25, 0.3) is 0 Å². The molecule has 0 bridgehead atoms. The molecule has 0 saturated carbocycles. The highest BCUT2D eigenvalue weighted by molar-refractivity contribution is 7.07. The fourth-order valence-electron chi connectivity index (χ4n) is 3.05. The second-order valence-corrected chi connectivity index (χ2v) is 6.40. The number of ether oxygens (including phenoxy) is 1. The number of morpholine rings is 1. The summed E-state index contributed by atoms with van der Waals surface area (Å²) in [6.45, 7) is 3.42. The third kappa shape index (κ3) is 3.14. The van der Waals surface area contributed by atoms with E-state index >= 15 is 0 Å². The van der Waals surface area contributed by atoms with Crippen molar-refractivity contribution < 1.29 is 9.53 Å². The normalized spacial score (nSPS) is 20.7. The number of halogens is 1. The molecule has 2 aliphatic rings. The predicted octanol–water partition coefficient (Wildman–Crippen LogP) is 1.75. The molecule has 8 heteroatoms. The first kappa shape index (κ1) is 16.4. The molecule has 2 N–H and O–H groups in total. The Morgan fingerprint density at radius 2 is 2.39 bits per heavy atom. The van der Waals surface area contributed by atoms with Gasteiger partial charge in [0.05, 0.1) is 13.2 Å². The summed E-state index contributed by atoms with van der Waals surface area (Å²) in [6, 6.07) is 2.06. The molecule has 1 saturated heterocycles. The minimum Gasteiger partial charge on any atom is -0.370 e. The van der Waals surface area contributed by atoms with Gasteiger partial charge in [0.2, 0.25) is 0 Å². The third-order valence-electron chi connectivity index (χ3n) is 4.28. The maximum atomic E-state index is 12.8. The fraction of sp³-hybridized carbons (Fsp3) is 0.467. The highest BCUT2D eigenvalue weighted by Gasteiger charge is 2.30. The number of nitrogens with one attached hydrogen (secondary N) is 2. The van der Waals surface area contributed by atoms with Gasteiger partial charge < -0.3 is 15.0 Å². The maximum Gasteiger partial charge on any atom is 0.274 e. The van der Waals surface area contributed by atoms with Crippen LogP contribution in [0, 0.1) is 0 Å². The van der Waals surface area contributed by atoms with Crippen molar-refractivity contribution in [1.29, 1.82) is 0 Å². The lowest BCUT2D eigenvalue weighted by atomic mass is 10.1. The van der Waals surface area contributed by atoms with Crippen LogP contribution in [0.5, 0.6) is 0 Å². The lowest BCUT2D eigenvalue weighted by Gasteiger charge is -2.32. The van der Waals surface area contributed by atoms with Crippen molar-refractivity contribution in [1.82, 2.24) is 20.4 Å². The SMILES string of the molecule is Cl.O=C(c1n[nH]c2c1CNCC2)N1CCOC(c2ccsc2)C1. The van der Waals surface area contributed by atoms with E-state index in [-0.39, 0.29) is 24.4 Å². The van der Waals surface area contributed by atoms with Crippen molar-refractivity contribution >= 4 is 29.7 Å². The topological polar surface area (TPSA) is 70.2 Å². The van der Waals surface area contributed by atoms with E-state index in [1.54, 1.807) is 11.3 Å². The number of nitrogens with zero attached hydrogens (tertiary/aromatic N) is 2. The number of aromatic amines is 1. The first-order valence-electron chi connectivity index (χ1n) is 7.53. The second kappa shape index (κ2) is 7.00. The lowest BCUT2D eigenvalue weighted by Crippen LogP contribution is -2.42. The standard InChI is InChI=1S/C15H18N4O2S.ClH/c20-15(14-11-7-16-3-1-12(11)17-18-14)19-4-5-21-13(8-19)10-2-6-22-9-10;/h2,6,9,13,16H,1,3-5,7-8H2,(H,17,18);1H. The van der Waals surface area contributed by atoms with Crippen LogP contribution in [-0.2, 0) is 17.7 Å². The smallest absolute Gasteiger partial charge is 0.274 e. The minimum atomic E-state index is -0.0307. The number of fused-ring (bicyclic) bond motifs is 1. The van der Waals surface area contributed by atoms with Gasteiger partial charge in [0.15, 0.2) is 5.69 Å². The van der Waals surface area contributed by atoms with E-state index in [4.69, 9.17) is 4.74 Å². The number of hydrogen-bond donors (Lipinski definition) is 2. The van der Waals surface area contributed by atoms with Crippen molar-refractivity contribution in [3.05, 3.63) is 39.3 Å². The lowest BCUT2D eigenvalue weighted by molar-refractivity contribution is -0.0228. The zero-order valence-electron chi connectivity index (χ0n) is 12.6. The first-order valence-corrected chi connectivity index (χ1v) is 8.47. The number of hydrogen-bond acceptors (Lipinski definition) is 5. The number of aromatic nitrogens is 2. The molecule has 4 rings (SSSR count). The molecule has 124 valence electrons. The zero-order valence-corrected chi connectivity index (χ0v) is 14.2. The number of H-pyrrole nitrogens is 1. The Morgan fingerprint density at radius 3 is 3.22 bits per heavy atom. The van der Waals surface area contributed by atoms with Crippen LogP contribution < -0.4 is 5.32 Å². The van der Waals surface area contributed by atoms with Crippen LogP contribution >= 0.6 is 23.7 Å². The Bertz CT molecular complexity index is 673. The molecule has 2 aromatic rings. The first-order chi connectivity index (χ1) is 10.8. The largest absolute Gasteiger partial charge is 0.370 e. The summed E-state index contributed by atoms with van der Waals surface area (Å²) >= 11 is 1.65. The van der Waals surface area contributed by atoms with Crippen molar-refractivity contribution in [2.45, 2.75) is 19.1 Å². The van der Waals surface area contributed by atoms with Gasteiger partial charge in [-0.15, -0.1) is 12.4 Å². The Morgan fingerprint density at radius 1 is 1.48 bits per heavy atom. The van der Waals surface area contributed by atoms with Gasteiger partial charge in [0, 0.05) is 37.3 Å². The summed E-state index contributed by atoms with van der Waals surface area (Å²) in [5, 5.41) is 14.7. The maximum absolute atomic E-state index is 12.8. The summed E-state index contributed by atoms with van der Waals surface area (Å²) in [5.41, 5.74) is 3.82. The Hall–Kier alpha value is -1.41. The number of amides is 1. The molecule has 0 radical (unpaired) electrons. The molecule has 4 heterocycles. The fourth-order valence-corrected chi connectivity index (χ4v) is 3.75. The molecule has 1 atom stereocenters. The molecule has 2 aromatic heterocycles. The van der Waals surface area contributed by atoms with Crippen LogP contribution in [0.15, 0.2) is 16.8 Å². The summed E-state index contributed by atoms with van der Waals surface area (Å²) in [5.74, 6) is 0.00438. The number of rotatable bonds is 2. The molecule has 6 nitrogen and oxygen atoms in total. The van der Waals surface area contributed by atoms with Crippen molar-refractivity contribution in [2.24, 2.45) is 0 Å². The average molecular weight is 355 g/mol. The number of carbonyl (C=O) groups is 1. The van der Waals surface area contributed by atoms with Crippen LogP contribution in [0.2, 0.25) is 0 Å². The zero-order chi connectivity index (χ0) is 14.9. The summed E-state index contributed by atoms with van der Waals surface area (Å²) in [6.07, 6.45) is 0.868. The van der Waals surface area contributed by atoms with Gasteiger partial charge in [-0.05, 0) is 22.4 Å². The van der Waals surface area contributed by atoms with Crippen molar-refractivity contribution in [3.8, 4) is 0 Å². The van der Waals surface area contributed by atoms with E-state index in [9.17, 15) is 4.79 Å². The van der Waals surface area contributed by atoms with Crippen LogP contribution in [0.3, 0.4) is 0 Å². The highest BCUT2D eigenvalue weighted by atomic mass is 35.5. The van der Waals surface area contributed by atoms with Crippen LogP contribution in [-0.4, -0.2) is 47.2 Å². The van der Waals surface area contributed by atoms with Crippen LogP contribution in [0.1, 0.15) is 33.4 Å². The number of thiophene rings is 1. The summed E-state index contributed by atoms with van der Waals surface area (Å²) < 4.78 is 5.80. The Labute approximate surface area is 144 Å². The van der Waals surface area contributed by atoms with Gasteiger partial charge in [-0.3, -0.25) is 9.89 Å². The van der Waals surface area contributed by atoms with Gasteiger partial charge in [0.1, 0.15) is 6.10 Å². The molecule has 0 aliphatic carbocycles. The monoisotopic (exact) mass is 354 g/mol. The van der Waals surface area contributed by atoms with Gasteiger partial charge in [-0.1, -0.05) is 0 Å². The molecule has 0 aromatic carbocycles. The predicted molar refractivity (Wildman–Crippen MR) is 90.2 cm³/mol. The summed E-state index contributed by atoms with van der Waals surface area (Å²) in [7, 11) is 0. The van der Waals surface area contributed by atoms with E-state index in [1.807, 2.05) is 10.3 Å². The quantitative estimate of drug-likeness (QED) is 0.862. The number of carbonyl (C=O) groups excluding carboxylic acids is 1. The third-order valence-corrected chi connectivity index (χ3v) is 4.98. The molecule has 23 heavy (non-hydrogen) atoms. The second-order valence-electron chi connectivity index (χ2n) is 5.62. The molecular formula is C15H19ClN4O2S. The van der Waals surface area contributed by atoms with Gasteiger partial charge in [-0.2, -0.15) is 16.4 Å². The highest BCUT2D eigenvalue weighted by Crippen LogP contribution is 2.26. The minimum absolute atomic E-state index is 0. The molecule has 2 aliphatic heterocycles. The summed E-state index contributed by atoms with van der Waals surface area (Å²) in [4.78, 5) is 14.7. The van der Waals surface area contributed by atoms with Gasteiger partial charge in [0.25, 0.3) is 5.91 Å².